The molecule has 0 amide bonds. The molecule has 0 aliphatic carbocycles. The molecule has 1 aliphatic heterocycles. The smallest absolute Gasteiger partial charge is 0.134 e. The van der Waals surface area contributed by atoms with Crippen LogP contribution in [0.1, 0.15) is 13.8 Å². The van der Waals surface area contributed by atoms with Crippen molar-refractivity contribution in [3.63, 3.8) is 0 Å². The Kier molecular flexibility index (Phi) is 8.27. The first-order chi connectivity index (χ1) is 10.4. The zero-order valence-corrected chi connectivity index (χ0v) is 14.1. The Labute approximate surface area is 135 Å². The van der Waals surface area contributed by atoms with Crippen LogP contribution in [-0.4, -0.2) is 78.7 Å². The second kappa shape index (κ2) is 9.69. The number of nitrogens with zero attached hydrogens (tertiary/aromatic N) is 4. The highest BCUT2D eigenvalue weighted by Crippen LogP contribution is 2.09. The molecule has 1 fully saturated rings. The van der Waals surface area contributed by atoms with E-state index in [0.29, 0.717) is 6.54 Å². The quantitative estimate of drug-likeness (QED) is 0.502. The third-order valence-electron chi connectivity index (χ3n) is 3.31. The zero-order valence-electron chi connectivity index (χ0n) is 14.1. The van der Waals surface area contributed by atoms with Gasteiger partial charge in [-0.3, -0.25) is 19.6 Å². The zero-order chi connectivity index (χ0) is 16.5. The highest BCUT2D eigenvalue weighted by Gasteiger charge is 2.22. The Hall–Kier alpha value is -1.27. The van der Waals surface area contributed by atoms with Gasteiger partial charge in [0.1, 0.15) is 6.29 Å². The molecule has 0 unspecified atom stereocenters. The van der Waals surface area contributed by atoms with Gasteiger partial charge in [-0.2, -0.15) is 0 Å². The monoisotopic (exact) mass is 306 g/mol. The lowest BCUT2D eigenvalue weighted by molar-refractivity contribution is -0.111. The van der Waals surface area contributed by atoms with Crippen molar-refractivity contribution in [1.82, 2.24) is 19.6 Å². The Morgan fingerprint density at radius 2 is 1.27 bits per heavy atom. The highest BCUT2D eigenvalue weighted by molar-refractivity contribution is 5.51. The van der Waals surface area contributed by atoms with Crippen LogP contribution in [0, 0.1) is 0 Å². The van der Waals surface area contributed by atoms with E-state index < -0.39 is 0 Å². The Bertz CT molecular complexity index is 357. The lowest BCUT2D eigenvalue weighted by Crippen LogP contribution is -2.55. The summed E-state index contributed by atoms with van der Waals surface area (Å²) >= 11 is 0. The van der Waals surface area contributed by atoms with Crippen LogP contribution < -0.4 is 0 Å². The van der Waals surface area contributed by atoms with Gasteiger partial charge < -0.3 is 4.79 Å². The van der Waals surface area contributed by atoms with Gasteiger partial charge in [0.15, 0.2) is 0 Å². The van der Waals surface area contributed by atoms with E-state index in [1.54, 1.807) is 0 Å². The molecule has 0 N–H and O–H groups in total. The topological polar surface area (TPSA) is 30.0 Å². The molecule has 0 aromatic carbocycles. The SMILES string of the molecule is C=CCN1CN(CC(=C)C)CN(CC=O)CN(CC(=C)C)C1. The average molecular weight is 306 g/mol. The number of carbonyl (C=O) groups is 1. The molecule has 0 spiro atoms. The molecule has 0 radical (unpaired) electrons. The number of hydrogen-bond acceptors (Lipinski definition) is 5. The molecule has 1 aliphatic rings. The summed E-state index contributed by atoms with van der Waals surface area (Å²) < 4.78 is 0. The molecular formula is C17H30N4O. The number of rotatable bonds is 8. The maximum atomic E-state index is 11.0. The fraction of sp³-hybridized carbons (Fsp3) is 0.588. The Balaban J connectivity index is 2.84. The normalized spacial score (nSPS) is 19.4. The van der Waals surface area contributed by atoms with Crippen LogP contribution in [-0.2, 0) is 4.79 Å². The molecule has 1 saturated heterocycles. The van der Waals surface area contributed by atoms with Crippen molar-refractivity contribution in [1.29, 1.82) is 0 Å². The Morgan fingerprint density at radius 1 is 0.864 bits per heavy atom. The summed E-state index contributed by atoms with van der Waals surface area (Å²) in [5, 5.41) is 0. The van der Waals surface area contributed by atoms with Crippen molar-refractivity contribution in [3.05, 3.63) is 37.0 Å². The maximum absolute atomic E-state index is 11.0. The second-order valence-corrected chi connectivity index (χ2v) is 6.30. The van der Waals surface area contributed by atoms with Crippen molar-refractivity contribution in [2.24, 2.45) is 0 Å². The van der Waals surface area contributed by atoms with Gasteiger partial charge in [-0.1, -0.05) is 30.4 Å². The van der Waals surface area contributed by atoms with Gasteiger partial charge in [0.25, 0.3) is 0 Å². The summed E-state index contributed by atoms with van der Waals surface area (Å²) in [4.78, 5) is 20.1. The molecule has 0 saturated carbocycles. The third-order valence-corrected chi connectivity index (χ3v) is 3.31. The minimum absolute atomic E-state index is 0.445. The molecule has 0 aromatic rings. The van der Waals surface area contributed by atoms with Crippen LogP contribution in [0.2, 0.25) is 0 Å². The van der Waals surface area contributed by atoms with Gasteiger partial charge in [0.05, 0.1) is 33.2 Å². The molecule has 22 heavy (non-hydrogen) atoms. The van der Waals surface area contributed by atoms with E-state index in [1.807, 2.05) is 19.9 Å². The molecule has 5 nitrogen and oxygen atoms in total. The minimum atomic E-state index is 0.445. The van der Waals surface area contributed by atoms with Gasteiger partial charge in [0.2, 0.25) is 0 Å². The molecule has 124 valence electrons. The van der Waals surface area contributed by atoms with Crippen LogP contribution in [0.5, 0.6) is 0 Å². The number of hydrogen-bond donors (Lipinski definition) is 0. The molecule has 0 bridgehead atoms. The van der Waals surface area contributed by atoms with Gasteiger partial charge >= 0.3 is 0 Å². The van der Waals surface area contributed by atoms with Crippen molar-refractivity contribution in [2.75, 3.05) is 52.9 Å². The molecule has 5 heteroatoms. The van der Waals surface area contributed by atoms with Crippen LogP contribution in [0.25, 0.3) is 0 Å². The van der Waals surface area contributed by atoms with Gasteiger partial charge in [-0.05, 0) is 13.8 Å². The fourth-order valence-corrected chi connectivity index (χ4v) is 2.79. The first-order valence-electron chi connectivity index (χ1n) is 7.67. The summed E-state index contributed by atoms with van der Waals surface area (Å²) in [5.41, 5.74) is 2.26. The van der Waals surface area contributed by atoms with E-state index in [0.717, 1.165) is 63.7 Å². The summed E-state index contributed by atoms with van der Waals surface area (Å²) in [6.07, 6.45) is 2.91. The van der Waals surface area contributed by atoms with E-state index >= 15 is 0 Å². The standard InChI is InChI=1S/C17H30N4O/c1-6-7-18-12-20(10-16(2)3)14-19(8-9-22)15-21(13-18)11-17(4)5/h6,9H,1-2,4,7-8,10-15H2,3,5H3. The molecule has 0 aromatic heterocycles. The fourth-order valence-electron chi connectivity index (χ4n) is 2.79. The van der Waals surface area contributed by atoms with Gasteiger partial charge in [-0.15, -0.1) is 6.58 Å². The molecule has 0 atom stereocenters. The van der Waals surface area contributed by atoms with Crippen LogP contribution >= 0.6 is 0 Å². The van der Waals surface area contributed by atoms with Crippen LogP contribution in [0.4, 0.5) is 0 Å². The summed E-state index contributed by atoms with van der Waals surface area (Å²) in [6, 6.07) is 0. The lowest BCUT2D eigenvalue weighted by atomic mass is 10.3. The average Bonchev–Trinajstić information content (AvgIpc) is 2.35. The summed E-state index contributed by atoms with van der Waals surface area (Å²) in [7, 11) is 0. The van der Waals surface area contributed by atoms with Crippen LogP contribution in [0.15, 0.2) is 37.0 Å². The van der Waals surface area contributed by atoms with Gasteiger partial charge in [0, 0.05) is 19.6 Å². The Morgan fingerprint density at radius 3 is 1.59 bits per heavy atom. The minimum Gasteiger partial charge on any atom is -0.302 e. The van der Waals surface area contributed by atoms with E-state index in [1.165, 1.54) is 0 Å². The molecule has 1 heterocycles. The molecule has 1 rings (SSSR count). The molecular weight excluding hydrogens is 276 g/mol. The first-order valence-corrected chi connectivity index (χ1v) is 7.67. The predicted octanol–water partition coefficient (Wildman–Crippen LogP) is 1.58. The third kappa shape index (κ3) is 7.13. The number of aldehydes is 1. The lowest BCUT2D eigenvalue weighted by Gasteiger charge is -2.41. The van der Waals surface area contributed by atoms with E-state index in [9.17, 15) is 4.79 Å². The van der Waals surface area contributed by atoms with Crippen LogP contribution in [0.3, 0.4) is 0 Å². The number of carbonyl (C=O) groups excluding carboxylic acids is 1. The van der Waals surface area contributed by atoms with E-state index in [-0.39, 0.29) is 0 Å². The van der Waals surface area contributed by atoms with E-state index in [2.05, 4.69) is 39.3 Å². The van der Waals surface area contributed by atoms with Gasteiger partial charge in [-0.25, -0.2) is 0 Å². The van der Waals surface area contributed by atoms with Crippen molar-refractivity contribution in [3.8, 4) is 0 Å². The highest BCUT2D eigenvalue weighted by atomic mass is 16.1. The first kappa shape index (κ1) is 18.8. The van der Waals surface area contributed by atoms with E-state index in [4.69, 9.17) is 0 Å². The predicted molar refractivity (Wildman–Crippen MR) is 92.2 cm³/mol. The van der Waals surface area contributed by atoms with Crippen molar-refractivity contribution in [2.45, 2.75) is 13.8 Å². The largest absolute Gasteiger partial charge is 0.302 e. The van der Waals surface area contributed by atoms with Crippen molar-refractivity contribution < 1.29 is 4.79 Å². The second-order valence-electron chi connectivity index (χ2n) is 6.30. The van der Waals surface area contributed by atoms with Crippen molar-refractivity contribution >= 4 is 6.29 Å². The summed E-state index contributed by atoms with van der Waals surface area (Å²) in [6.45, 7) is 22.1. The maximum Gasteiger partial charge on any atom is 0.134 e. The summed E-state index contributed by atoms with van der Waals surface area (Å²) in [5.74, 6) is 0.